The lowest BCUT2D eigenvalue weighted by Crippen LogP contribution is -2.39. The minimum atomic E-state index is -0.161. The molecule has 1 saturated heterocycles. The van der Waals surface area contributed by atoms with Crippen molar-refractivity contribution >= 4 is 5.91 Å². The quantitative estimate of drug-likeness (QED) is 0.475. The highest BCUT2D eigenvalue weighted by molar-refractivity contribution is 5.92. The predicted octanol–water partition coefficient (Wildman–Crippen LogP) is 3.98. The van der Waals surface area contributed by atoms with Gasteiger partial charge in [0.2, 0.25) is 5.76 Å². The van der Waals surface area contributed by atoms with Gasteiger partial charge in [0.25, 0.3) is 5.91 Å². The lowest BCUT2D eigenvalue weighted by molar-refractivity contribution is 0.0656. The van der Waals surface area contributed by atoms with Gasteiger partial charge in [-0.3, -0.25) is 9.48 Å². The summed E-state index contributed by atoms with van der Waals surface area (Å²) in [5.41, 5.74) is 3.50. The molecule has 4 heterocycles. The van der Waals surface area contributed by atoms with Crippen LogP contribution in [-0.4, -0.2) is 43.8 Å². The van der Waals surface area contributed by atoms with E-state index in [1.54, 1.807) is 21.8 Å². The highest BCUT2D eigenvalue weighted by Gasteiger charge is 2.30. The lowest BCUT2D eigenvalue weighted by atomic mass is 9.98. The van der Waals surface area contributed by atoms with Crippen molar-refractivity contribution in [3.8, 4) is 11.3 Å². The van der Waals surface area contributed by atoms with Gasteiger partial charge in [0.05, 0.1) is 17.8 Å². The molecule has 0 spiro atoms. The molecule has 1 aliphatic heterocycles. The van der Waals surface area contributed by atoms with Crippen LogP contribution in [0, 0.1) is 6.92 Å². The number of rotatable bonds is 5. The monoisotopic (exact) mass is 431 g/mol. The van der Waals surface area contributed by atoms with Gasteiger partial charge in [0.1, 0.15) is 11.5 Å². The Bertz CT molecular complexity index is 1220. The summed E-state index contributed by atoms with van der Waals surface area (Å²) in [4.78, 5) is 19.4. The van der Waals surface area contributed by atoms with Crippen molar-refractivity contribution in [2.45, 2.75) is 32.1 Å². The van der Waals surface area contributed by atoms with Crippen LogP contribution >= 0.6 is 0 Å². The van der Waals surface area contributed by atoms with Crippen molar-refractivity contribution < 1.29 is 13.7 Å². The van der Waals surface area contributed by atoms with Crippen LogP contribution in [0.25, 0.3) is 11.3 Å². The van der Waals surface area contributed by atoms with E-state index >= 15 is 0 Å². The highest BCUT2D eigenvalue weighted by atomic mass is 16.5. The first kappa shape index (κ1) is 20.2. The van der Waals surface area contributed by atoms with Gasteiger partial charge in [0, 0.05) is 44.4 Å². The van der Waals surface area contributed by atoms with E-state index in [9.17, 15) is 4.79 Å². The Hall–Kier alpha value is -3.68. The molecular weight excluding hydrogens is 406 g/mol. The topological polar surface area (TPSA) is 90.2 Å². The van der Waals surface area contributed by atoms with Crippen LogP contribution < -0.4 is 0 Å². The van der Waals surface area contributed by atoms with Crippen molar-refractivity contribution in [3.05, 3.63) is 77.5 Å². The van der Waals surface area contributed by atoms with Gasteiger partial charge in [-0.1, -0.05) is 35.5 Å². The second-order valence-electron chi connectivity index (χ2n) is 8.30. The molecule has 0 aliphatic carbocycles. The zero-order chi connectivity index (χ0) is 22.1. The molecule has 1 aromatic carbocycles. The Morgan fingerprint density at radius 2 is 2.09 bits per heavy atom. The van der Waals surface area contributed by atoms with E-state index in [-0.39, 0.29) is 17.6 Å². The minimum Gasteiger partial charge on any atom is -0.445 e. The highest BCUT2D eigenvalue weighted by Crippen LogP contribution is 2.29. The molecule has 1 amide bonds. The van der Waals surface area contributed by atoms with Crippen LogP contribution in [0.3, 0.4) is 0 Å². The molecule has 4 aromatic rings. The maximum Gasteiger partial charge on any atom is 0.292 e. The summed E-state index contributed by atoms with van der Waals surface area (Å²) in [5.74, 6) is 1.67. The van der Waals surface area contributed by atoms with Gasteiger partial charge in [-0.25, -0.2) is 4.98 Å². The predicted molar refractivity (Wildman–Crippen MR) is 117 cm³/mol. The third-order valence-corrected chi connectivity index (χ3v) is 5.86. The number of oxazole rings is 1. The van der Waals surface area contributed by atoms with Crippen molar-refractivity contribution in [3.63, 3.8) is 0 Å². The average Bonchev–Trinajstić information content (AvgIpc) is 3.54. The van der Waals surface area contributed by atoms with Crippen LogP contribution in [0.2, 0.25) is 0 Å². The standard InChI is InChI=1S/C24H25N5O3/c1-16-20(15-28(2)26-16)21-12-22(32-27-21)24(30)29-10-6-9-18(14-29)23-25-13-19(31-23)11-17-7-4-3-5-8-17/h3-5,7-8,12-13,15,18H,6,9-11,14H2,1-2H3/t18-/m0/s1. The Morgan fingerprint density at radius 1 is 1.25 bits per heavy atom. The smallest absolute Gasteiger partial charge is 0.292 e. The van der Waals surface area contributed by atoms with Gasteiger partial charge in [-0.2, -0.15) is 5.10 Å². The molecule has 0 radical (unpaired) electrons. The summed E-state index contributed by atoms with van der Waals surface area (Å²) in [6.07, 6.45) is 6.19. The molecule has 8 heteroatoms. The number of likely N-dealkylation sites (tertiary alicyclic amines) is 1. The fourth-order valence-electron chi connectivity index (χ4n) is 4.26. The van der Waals surface area contributed by atoms with E-state index in [4.69, 9.17) is 8.94 Å². The number of nitrogens with zero attached hydrogens (tertiary/aromatic N) is 5. The number of amides is 1. The van der Waals surface area contributed by atoms with E-state index in [1.165, 1.54) is 5.56 Å². The van der Waals surface area contributed by atoms with Crippen LogP contribution in [0.1, 0.15) is 52.2 Å². The number of piperidine rings is 1. The SMILES string of the molecule is Cc1nn(C)cc1-c1cc(C(=O)N2CCC[C@H](c3ncc(Cc4ccccc4)o3)C2)on1. The van der Waals surface area contributed by atoms with Gasteiger partial charge < -0.3 is 13.8 Å². The Balaban J connectivity index is 1.27. The number of aryl methyl sites for hydroxylation is 2. The first-order valence-corrected chi connectivity index (χ1v) is 10.8. The summed E-state index contributed by atoms with van der Waals surface area (Å²) in [6, 6.07) is 11.9. The number of aromatic nitrogens is 4. The number of hydrogen-bond acceptors (Lipinski definition) is 6. The number of benzene rings is 1. The fourth-order valence-corrected chi connectivity index (χ4v) is 4.26. The minimum absolute atomic E-state index is 0.0696. The largest absolute Gasteiger partial charge is 0.445 e. The number of carbonyl (C=O) groups is 1. The Labute approximate surface area is 185 Å². The zero-order valence-corrected chi connectivity index (χ0v) is 18.2. The Kier molecular flexibility index (Phi) is 5.34. The summed E-state index contributed by atoms with van der Waals surface area (Å²) in [6.45, 7) is 3.13. The number of carbonyl (C=O) groups excluding carboxylic acids is 1. The molecule has 0 bridgehead atoms. The second-order valence-corrected chi connectivity index (χ2v) is 8.30. The zero-order valence-electron chi connectivity index (χ0n) is 18.2. The maximum absolute atomic E-state index is 13.1. The molecule has 1 atom stereocenters. The lowest BCUT2D eigenvalue weighted by Gasteiger charge is -2.30. The van der Waals surface area contributed by atoms with E-state index in [0.717, 1.165) is 29.9 Å². The molecule has 8 nitrogen and oxygen atoms in total. The molecule has 0 unspecified atom stereocenters. The van der Waals surface area contributed by atoms with E-state index < -0.39 is 0 Å². The third-order valence-electron chi connectivity index (χ3n) is 5.86. The molecule has 5 rings (SSSR count). The Morgan fingerprint density at radius 3 is 2.88 bits per heavy atom. The summed E-state index contributed by atoms with van der Waals surface area (Å²) in [5, 5.41) is 8.42. The molecule has 0 N–H and O–H groups in total. The first-order chi connectivity index (χ1) is 15.6. The maximum atomic E-state index is 13.1. The number of hydrogen-bond donors (Lipinski definition) is 0. The molecular formula is C24H25N5O3. The van der Waals surface area contributed by atoms with Crippen LogP contribution in [0.15, 0.2) is 57.7 Å². The van der Waals surface area contributed by atoms with Crippen molar-refractivity contribution in [2.24, 2.45) is 7.05 Å². The first-order valence-electron chi connectivity index (χ1n) is 10.8. The molecule has 3 aromatic heterocycles. The van der Waals surface area contributed by atoms with Gasteiger partial charge >= 0.3 is 0 Å². The summed E-state index contributed by atoms with van der Waals surface area (Å²) in [7, 11) is 1.85. The molecule has 1 aliphatic rings. The molecule has 164 valence electrons. The van der Waals surface area contributed by atoms with Crippen LogP contribution in [-0.2, 0) is 13.5 Å². The summed E-state index contributed by atoms with van der Waals surface area (Å²) < 4.78 is 13.2. The summed E-state index contributed by atoms with van der Waals surface area (Å²) >= 11 is 0. The molecule has 0 saturated carbocycles. The van der Waals surface area contributed by atoms with Crippen molar-refractivity contribution in [2.75, 3.05) is 13.1 Å². The second kappa shape index (κ2) is 8.45. The van der Waals surface area contributed by atoms with Crippen molar-refractivity contribution in [1.29, 1.82) is 0 Å². The normalized spacial score (nSPS) is 16.4. The molecule has 32 heavy (non-hydrogen) atoms. The van der Waals surface area contributed by atoms with Crippen LogP contribution in [0.5, 0.6) is 0 Å². The van der Waals surface area contributed by atoms with Crippen LogP contribution in [0.4, 0.5) is 0 Å². The van der Waals surface area contributed by atoms with Crippen molar-refractivity contribution in [1.82, 2.24) is 24.8 Å². The van der Waals surface area contributed by atoms with Gasteiger partial charge in [0.15, 0.2) is 5.89 Å². The third kappa shape index (κ3) is 4.08. The fraction of sp³-hybridized carbons (Fsp3) is 0.333. The van der Waals surface area contributed by atoms with E-state index in [2.05, 4.69) is 27.4 Å². The molecule has 1 fully saturated rings. The van der Waals surface area contributed by atoms with Gasteiger partial charge in [-0.15, -0.1) is 0 Å². The van der Waals surface area contributed by atoms with E-state index in [1.807, 2.05) is 38.4 Å². The van der Waals surface area contributed by atoms with E-state index in [0.29, 0.717) is 31.1 Å². The average molecular weight is 431 g/mol. The van der Waals surface area contributed by atoms with Gasteiger partial charge in [-0.05, 0) is 25.3 Å².